The van der Waals surface area contributed by atoms with Crippen LogP contribution in [0.1, 0.15) is 19.4 Å². The van der Waals surface area contributed by atoms with Crippen LogP contribution in [0.15, 0.2) is 75.1 Å². The van der Waals surface area contributed by atoms with Crippen LogP contribution in [0.4, 0.5) is 40.4 Å². The Morgan fingerprint density at radius 1 is 0.818 bits per heavy atom. The second-order valence-electron chi connectivity index (χ2n) is 6.88. The number of fused-ring (bicyclic) bond motifs is 1. The van der Waals surface area contributed by atoms with E-state index in [1.54, 1.807) is 0 Å². The molecule has 2 aromatic carbocycles. The minimum Gasteiger partial charge on any atom is -0.372 e. The summed E-state index contributed by atoms with van der Waals surface area (Å²) in [5.41, 5.74) is 1.51. The maximum Gasteiger partial charge on any atom is 0.416 e. The molecular formula is C22H19F3N6S2. The number of anilines is 1. The van der Waals surface area contributed by atoms with Crippen molar-refractivity contribution in [2.75, 3.05) is 18.0 Å². The summed E-state index contributed by atoms with van der Waals surface area (Å²) in [6.45, 7) is 6.12. The summed E-state index contributed by atoms with van der Waals surface area (Å²) < 4.78 is 38.8. The number of thiazole rings is 1. The predicted octanol–water partition coefficient (Wildman–Crippen LogP) is 9.05. The van der Waals surface area contributed by atoms with E-state index in [0.717, 1.165) is 46.1 Å². The number of nitrogens with zero attached hydrogens (tertiary/aromatic N) is 6. The lowest BCUT2D eigenvalue weighted by Gasteiger charge is -2.20. The van der Waals surface area contributed by atoms with Crippen molar-refractivity contribution in [3.8, 4) is 0 Å². The van der Waals surface area contributed by atoms with Gasteiger partial charge in [0.25, 0.3) is 0 Å². The molecule has 0 aliphatic rings. The van der Waals surface area contributed by atoms with Gasteiger partial charge in [-0.2, -0.15) is 13.2 Å². The van der Waals surface area contributed by atoms with Crippen LogP contribution in [-0.2, 0) is 6.18 Å². The predicted molar refractivity (Wildman–Crippen MR) is 127 cm³/mol. The quantitative estimate of drug-likeness (QED) is 0.244. The Morgan fingerprint density at radius 3 is 2.00 bits per heavy atom. The first-order valence-corrected chi connectivity index (χ1v) is 11.7. The molecule has 4 aromatic rings. The van der Waals surface area contributed by atoms with E-state index in [1.807, 2.05) is 30.3 Å². The van der Waals surface area contributed by atoms with Crippen LogP contribution >= 0.6 is 22.7 Å². The van der Waals surface area contributed by atoms with Gasteiger partial charge in [0.2, 0.25) is 5.13 Å². The SMILES string of the molecule is CCN(CC)c1ccc(N=Nc2nc3sc(N=Nc4ccc(C(F)(F)F)cc4)cc3s2)cc1. The number of hydrogen-bond donors (Lipinski definition) is 0. The molecule has 0 spiro atoms. The fourth-order valence-electron chi connectivity index (χ4n) is 3.05. The molecule has 0 saturated carbocycles. The molecule has 0 unspecified atom stereocenters. The lowest BCUT2D eigenvalue weighted by molar-refractivity contribution is -0.137. The highest BCUT2D eigenvalue weighted by Gasteiger charge is 2.29. The first-order chi connectivity index (χ1) is 15.9. The molecule has 4 rings (SSSR count). The maximum absolute atomic E-state index is 12.6. The largest absolute Gasteiger partial charge is 0.416 e. The van der Waals surface area contributed by atoms with Gasteiger partial charge < -0.3 is 4.90 Å². The molecule has 33 heavy (non-hydrogen) atoms. The molecule has 0 aliphatic carbocycles. The average molecular weight is 489 g/mol. The first kappa shape index (κ1) is 23.0. The Labute approximate surface area is 196 Å². The third kappa shape index (κ3) is 5.60. The zero-order chi connectivity index (χ0) is 23.4. The van der Waals surface area contributed by atoms with E-state index in [0.29, 0.717) is 15.8 Å². The number of benzene rings is 2. The minimum absolute atomic E-state index is 0.342. The average Bonchev–Trinajstić information content (AvgIpc) is 3.36. The zero-order valence-corrected chi connectivity index (χ0v) is 19.4. The number of aromatic nitrogens is 1. The van der Waals surface area contributed by atoms with Gasteiger partial charge in [-0.25, -0.2) is 4.98 Å². The van der Waals surface area contributed by atoms with Gasteiger partial charge in [-0.3, -0.25) is 0 Å². The standard InChI is InChI=1S/C22H19F3N6S2/c1-3-31(4-2)17-11-9-16(10-12-17)28-30-21-26-20-18(32-21)13-19(33-20)29-27-15-7-5-14(6-8-15)22(23,24)25/h5-13H,3-4H2,1-2H3. The van der Waals surface area contributed by atoms with Gasteiger partial charge in [-0.15, -0.1) is 20.5 Å². The number of hydrogen-bond acceptors (Lipinski definition) is 8. The van der Waals surface area contributed by atoms with E-state index in [4.69, 9.17) is 0 Å². The summed E-state index contributed by atoms with van der Waals surface area (Å²) in [5, 5.41) is 17.8. The van der Waals surface area contributed by atoms with Crippen molar-refractivity contribution >= 4 is 59.4 Å². The summed E-state index contributed by atoms with van der Waals surface area (Å²) in [4.78, 5) is 7.47. The molecule has 0 bridgehead atoms. The van der Waals surface area contributed by atoms with Gasteiger partial charge in [0.15, 0.2) is 0 Å². The molecule has 0 atom stereocenters. The Hall–Kier alpha value is -3.18. The van der Waals surface area contributed by atoms with Gasteiger partial charge in [0.05, 0.1) is 21.6 Å². The van der Waals surface area contributed by atoms with E-state index in [-0.39, 0.29) is 0 Å². The molecule has 0 fully saturated rings. The third-order valence-corrected chi connectivity index (χ3v) is 6.68. The highest BCUT2D eigenvalue weighted by molar-refractivity contribution is 7.30. The zero-order valence-electron chi connectivity index (χ0n) is 17.7. The van der Waals surface area contributed by atoms with Crippen molar-refractivity contribution < 1.29 is 13.2 Å². The molecular weight excluding hydrogens is 469 g/mol. The molecule has 2 heterocycles. The fourth-order valence-corrected chi connectivity index (χ4v) is 4.90. The van der Waals surface area contributed by atoms with Crippen molar-refractivity contribution in [2.24, 2.45) is 20.5 Å². The van der Waals surface area contributed by atoms with Crippen LogP contribution in [-0.4, -0.2) is 18.1 Å². The van der Waals surface area contributed by atoms with Gasteiger partial charge >= 0.3 is 6.18 Å². The fraction of sp³-hybridized carbons (Fsp3) is 0.227. The smallest absolute Gasteiger partial charge is 0.372 e. The molecule has 0 N–H and O–H groups in total. The van der Waals surface area contributed by atoms with E-state index < -0.39 is 11.7 Å². The normalized spacial score (nSPS) is 12.4. The minimum atomic E-state index is -4.37. The lowest BCUT2D eigenvalue weighted by atomic mass is 10.2. The summed E-state index contributed by atoms with van der Waals surface area (Å²) in [7, 11) is 0. The summed E-state index contributed by atoms with van der Waals surface area (Å²) in [6, 6.07) is 14.3. The molecule has 170 valence electrons. The monoisotopic (exact) mass is 488 g/mol. The van der Waals surface area contributed by atoms with Crippen molar-refractivity contribution in [1.29, 1.82) is 0 Å². The van der Waals surface area contributed by atoms with E-state index in [9.17, 15) is 13.2 Å². The van der Waals surface area contributed by atoms with Crippen molar-refractivity contribution in [3.05, 3.63) is 60.2 Å². The van der Waals surface area contributed by atoms with E-state index in [1.165, 1.54) is 34.8 Å². The second-order valence-corrected chi connectivity index (χ2v) is 8.90. The van der Waals surface area contributed by atoms with Crippen LogP contribution in [0, 0.1) is 0 Å². The number of alkyl halides is 3. The van der Waals surface area contributed by atoms with Crippen LogP contribution < -0.4 is 4.90 Å². The summed E-state index contributed by atoms with van der Waals surface area (Å²) in [6.07, 6.45) is -4.37. The van der Waals surface area contributed by atoms with Gasteiger partial charge in [-0.1, -0.05) is 22.7 Å². The number of azo groups is 2. The van der Waals surface area contributed by atoms with Crippen LogP contribution in [0.3, 0.4) is 0 Å². The van der Waals surface area contributed by atoms with Crippen LogP contribution in [0.25, 0.3) is 9.53 Å². The van der Waals surface area contributed by atoms with Gasteiger partial charge in [0, 0.05) is 18.8 Å². The molecule has 0 aliphatic heterocycles. The molecule has 6 nitrogen and oxygen atoms in total. The van der Waals surface area contributed by atoms with Gasteiger partial charge in [0.1, 0.15) is 9.83 Å². The Balaban J connectivity index is 1.42. The van der Waals surface area contributed by atoms with Crippen LogP contribution in [0.5, 0.6) is 0 Å². The van der Waals surface area contributed by atoms with E-state index in [2.05, 4.69) is 44.2 Å². The molecule has 2 aromatic heterocycles. The van der Waals surface area contributed by atoms with E-state index >= 15 is 0 Å². The lowest BCUT2D eigenvalue weighted by Crippen LogP contribution is -2.21. The molecule has 0 amide bonds. The Bertz CT molecular complexity index is 1240. The number of halogens is 3. The summed E-state index contributed by atoms with van der Waals surface area (Å²) in [5.74, 6) is 0. The second kappa shape index (κ2) is 9.75. The highest BCUT2D eigenvalue weighted by Crippen LogP contribution is 2.39. The van der Waals surface area contributed by atoms with Crippen molar-refractivity contribution in [3.63, 3.8) is 0 Å². The maximum atomic E-state index is 12.6. The van der Waals surface area contributed by atoms with Crippen molar-refractivity contribution in [1.82, 2.24) is 4.98 Å². The molecule has 0 radical (unpaired) electrons. The third-order valence-electron chi connectivity index (χ3n) is 4.75. The summed E-state index contributed by atoms with van der Waals surface area (Å²) >= 11 is 2.71. The molecule has 11 heteroatoms. The Morgan fingerprint density at radius 2 is 1.42 bits per heavy atom. The van der Waals surface area contributed by atoms with Crippen molar-refractivity contribution in [2.45, 2.75) is 20.0 Å². The molecule has 0 saturated heterocycles. The first-order valence-electron chi connectivity index (χ1n) is 10.1. The topological polar surface area (TPSA) is 65.6 Å². The number of thiophene rings is 1. The highest BCUT2D eigenvalue weighted by atomic mass is 32.1. The van der Waals surface area contributed by atoms with Gasteiger partial charge in [-0.05, 0) is 68.4 Å². The number of rotatable bonds is 7. The Kier molecular flexibility index (Phi) is 6.80. The van der Waals surface area contributed by atoms with Crippen LogP contribution in [0.2, 0.25) is 0 Å².